The van der Waals surface area contributed by atoms with Crippen LogP contribution in [0, 0.1) is 6.92 Å². The van der Waals surface area contributed by atoms with Gasteiger partial charge in [0, 0.05) is 11.5 Å². The summed E-state index contributed by atoms with van der Waals surface area (Å²) < 4.78 is 15.7. The summed E-state index contributed by atoms with van der Waals surface area (Å²) in [6, 6.07) is 12.0. The number of hydrogen-bond donors (Lipinski definition) is 1. The van der Waals surface area contributed by atoms with Crippen LogP contribution in [0.4, 0.5) is 5.69 Å². The van der Waals surface area contributed by atoms with E-state index in [4.69, 9.17) is 13.9 Å². The fraction of sp³-hybridized carbons (Fsp3) is 0.158. The van der Waals surface area contributed by atoms with Crippen molar-refractivity contribution in [3.05, 3.63) is 64.0 Å². The van der Waals surface area contributed by atoms with E-state index in [2.05, 4.69) is 5.32 Å². The second kappa shape index (κ2) is 6.68. The Bertz CT molecular complexity index is 1010. The van der Waals surface area contributed by atoms with E-state index in [9.17, 15) is 9.59 Å². The van der Waals surface area contributed by atoms with Gasteiger partial charge in [-0.1, -0.05) is 18.2 Å². The fourth-order valence-electron chi connectivity index (χ4n) is 2.55. The van der Waals surface area contributed by atoms with Crippen molar-refractivity contribution in [2.24, 2.45) is 0 Å². The van der Waals surface area contributed by atoms with Gasteiger partial charge in [-0.15, -0.1) is 0 Å². The minimum absolute atomic E-state index is 0.0806. The number of ether oxygens (including phenoxy) is 2. The largest absolute Gasteiger partial charge is 0.497 e. The molecule has 0 fully saturated rings. The number of carbonyl (C=O) groups is 1. The molecule has 2 aromatic carbocycles. The Morgan fingerprint density at radius 3 is 2.60 bits per heavy atom. The normalized spacial score (nSPS) is 10.5. The zero-order valence-electron chi connectivity index (χ0n) is 14.1. The van der Waals surface area contributed by atoms with Crippen LogP contribution in [0.1, 0.15) is 15.9 Å². The number of anilines is 1. The lowest BCUT2D eigenvalue weighted by molar-refractivity contribution is 0.102. The molecule has 1 N–H and O–H groups in total. The second-order valence-corrected chi connectivity index (χ2v) is 5.46. The number of hydrogen-bond acceptors (Lipinski definition) is 5. The SMILES string of the molecule is COc1ccc(OC)c(NC(=O)c2cc3cccc(C)c3oc2=O)c1. The van der Waals surface area contributed by atoms with Gasteiger partial charge in [0.05, 0.1) is 19.9 Å². The number of rotatable bonds is 4. The molecule has 0 unspecified atom stereocenters. The van der Waals surface area contributed by atoms with Crippen molar-refractivity contribution < 1.29 is 18.7 Å². The minimum atomic E-state index is -0.693. The van der Waals surface area contributed by atoms with E-state index < -0.39 is 11.5 Å². The van der Waals surface area contributed by atoms with E-state index in [1.54, 1.807) is 24.3 Å². The molecule has 0 bridgehead atoms. The van der Waals surface area contributed by atoms with E-state index in [-0.39, 0.29) is 5.56 Å². The lowest BCUT2D eigenvalue weighted by Gasteiger charge is -2.11. The smallest absolute Gasteiger partial charge is 0.349 e. The summed E-state index contributed by atoms with van der Waals surface area (Å²) in [4.78, 5) is 24.8. The van der Waals surface area contributed by atoms with Crippen LogP contribution in [0.5, 0.6) is 11.5 Å². The van der Waals surface area contributed by atoms with Gasteiger partial charge in [0.1, 0.15) is 22.6 Å². The highest BCUT2D eigenvalue weighted by atomic mass is 16.5. The highest BCUT2D eigenvalue weighted by Crippen LogP contribution is 2.29. The van der Waals surface area contributed by atoms with Gasteiger partial charge in [-0.05, 0) is 30.7 Å². The highest BCUT2D eigenvalue weighted by molar-refractivity contribution is 6.06. The summed E-state index contributed by atoms with van der Waals surface area (Å²) in [5.41, 5.74) is 0.929. The molecule has 0 aliphatic rings. The molecule has 25 heavy (non-hydrogen) atoms. The molecule has 3 rings (SSSR count). The first-order valence-electron chi connectivity index (χ1n) is 7.60. The van der Waals surface area contributed by atoms with E-state index >= 15 is 0 Å². The Labute approximate surface area is 144 Å². The minimum Gasteiger partial charge on any atom is -0.497 e. The molecular weight excluding hydrogens is 322 g/mol. The van der Waals surface area contributed by atoms with Gasteiger partial charge in [0.25, 0.3) is 5.91 Å². The van der Waals surface area contributed by atoms with Gasteiger partial charge in [-0.3, -0.25) is 4.79 Å². The highest BCUT2D eigenvalue weighted by Gasteiger charge is 2.17. The first kappa shape index (κ1) is 16.6. The third-order valence-corrected chi connectivity index (χ3v) is 3.86. The van der Waals surface area contributed by atoms with Crippen molar-refractivity contribution in [1.29, 1.82) is 0 Å². The molecule has 0 radical (unpaired) electrons. The fourth-order valence-corrected chi connectivity index (χ4v) is 2.55. The van der Waals surface area contributed by atoms with E-state index in [0.717, 1.165) is 5.56 Å². The summed E-state index contributed by atoms with van der Waals surface area (Å²) in [7, 11) is 3.01. The number of fused-ring (bicyclic) bond motifs is 1. The van der Waals surface area contributed by atoms with Gasteiger partial charge < -0.3 is 19.2 Å². The average Bonchev–Trinajstić information content (AvgIpc) is 2.62. The maximum atomic E-state index is 12.6. The topological polar surface area (TPSA) is 77.8 Å². The lowest BCUT2D eigenvalue weighted by Crippen LogP contribution is -2.21. The van der Waals surface area contributed by atoms with Crippen LogP contribution in [0.2, 0.25) is 0 Å². The summed E-state index contributed by atoms with van der Waals surface area (Å²) in [5, 5.41) is 3.35. The molecule has 0 spiro atoms. The predicted molar refractivity (Wildman–Crippen MR) is 94.7 cm³/mol. The first-order valence-corrected chi connectivity index (χ1v) is 7.60. The number of amides is 1. The van der Waals surface area contributed by atoms with Gasteiger partial charge in [-0.2, -0.15) is 0 Å². The molecule has 6 heteroatoms. The number of aryl methyl sites for hydroxylation is 1. The molecule has 1 heterocycles. The van der Waals surface area contributed by atoms with Crippen molar-refractivity contribution in [2.45, 2.75) is 6.92 Å². The second-order valence-electron chi connectivity index (χ2n) is 5.46. The van der Waals surface area contributed by atoms with Gasteiger partial charge in [0.15, 0.2) is 0 Å². The summed E-state index contributed by atoms with van der Waals surface area (Å²) in [6.45, 7) is 1.84. The van der Waals surface area contributed by atoms with Gasteiger partial charge in [0.2, 0.25) is 0 Å². The third kappa shape index (κ3) is 3.19. The molecule has 1 amide bonds. The number of para-hydroxylation sites is 1. The summed E-state index contributed by atoms with van der Waals surface area (Å²) >= 11 is 0. The van der Waals surface area contributed by atoms with Crippen LogP contribution in [0.15, 0.2) is 51.7 Å². The van der Waals surface area contributed by atoms with Crippen molar-refractivity contribution >= 4 is 22.6 Å². The number of nitrogens with one attached hydrogen (secondary N) is 1. The standard InChI is InChI=1S/C19H17NO5/c1-11-5-4-6-12-9-14(19(22)25-17(11)12)18(21)20-15-10-13(23-2)7-8-16(15)24-3/h4-10H,1-3H3,(H,20,21). The van der Waals surface area contributed by atoms with E-state index in [1.165, 1.54) is 20.3 Å². The molecule has 0 saturated carbocycles. The molecule has 0 atom stereocenters. The number of methoxy groups -OCH3 is 2. The van der Waals surface area contributed by atoms with E-state index in [0.29, 0.717) is 28.2 Å². The predicted octanol–water partition coefficient (Wildman–Crippen LogP) is 3.37. The zero-order chi connectivity index (χ0) is 18.0. The molecule has 6 nitrogen and oxygen atoms in total. The molecule has 3 aromatic rings. The Kier molecular flexibility index (Phi) is 4.43. The van der Waals surface area contributed by atoms with Crippen molar-refractivity contribution in [3.8, 4) is 11.5 Å². The monoisotopic (exact) mass is 339 g/mol. The summed E-state index contributed by atoms with van der Waals surface area (Å²) in [5.74, 6) is 0.427. The molecule has 0 saturated heterocycles. The molecule has 128 valence electrons. The molecule has 0 aliphatic heterocycles. The summed E-state index contributed by atoms with van der Waals surface area (Å²) in [6.07, 6.45) is 0. The van der Waals surface area contributed by atoms with Crippen LogP contribution in [-0.4, -0.2) is 20.1 Å². The van der Waals surface area contributed by atoms with E-state index in [1.807, 2.05) is 19.1 Å². The Hall–Kier alpha value is -3.28. The van der Waals surface area contributed by atoms with Crippen LogP contribution in [0.25, 0.3) is 11.0 Å². The zero-order valence-corrected chi connectivity index (χ0v) is 14.1. The average molecular weight is 339 g/mol. The lowest BCUT2D eigenvalue weighted by atomic mass is 10.1. The van der Waals surface area contributed by atoms with Gasteiger partial charge >= 0.3 is 5.63 Å². The maximum absolute atomic E-state index is 12.6. The molecular formula is C19H17NO5. The number of benzene rings is 2. The van der Waals surface area contributed by atoms with Crippen LogP contribution < -0.4 is 20.4 Å². The number of carbonyl (C=O) groups excluding carboxylic acids is 1. The Balaban J connectivity index is 2.01. The van der Waals surface area contributed by atoms with Crippen LogP contribution in [-0.2, 0) is 0 Å². The van der Waals surface area contributed by atoms with Crippen LogP contribution >= 0.6 is 0 Å². The first-order chi connectivity index (χ1) is 12.0. The van der Waals surface area contributed by atoms with Crippen LogP contribution in [0.3, 0.4) is 0 Å². The van der Waals surface area contributed by atoms with Gasteiger partial charge in [-0.25, -0.2) is 4.79 Å². The van der Waals surface area contributed by atoms with Crippen molar-refractivity contribution in [1.82, 2.24) is 0 Å². The molecule has 1 aromatic heterocycles. The quantitative estimate of drug-likeness (QED) is 0.737. The van der Waals surface area contributed by atoms with Crippen molar-refractivity contribution in [2.75, 3.05) is 19.5 Å². The third-order valence-electron chi connectivity index (χ3n) is 3.86. The molecule has 0 aliphatic carbocycles. The maximum Gasteiger partial charge on any atom is 0.349 e. The Morgan fingerprint density at radius 2 is 1.88 bits per heavy atom. The van der Waals surface area contributed by atoms with Crippen molar-refractivity contribution in [3.63, 3.8) is 0 Å². The Morgan fingerprint density at radius 1 is 1.08 bits per heavy atom.